The Hall–Kier alpha value is -4.75. The smallest absolute Gasteiger partial charge is 0.161 e. The highest BCUT2D eigenvalue weighted by Gasteiger charge is 2.13. The van der Waals surface area contributed by atoms with E-state index in [1.54, 1.807) is 25.6 Å². The van der Waals surface area contributed by atoms with Crippen molar-refractivity contribution in [2.45, 2.75) is 0 Å². The van der Waals surface area contributed by atoms with Crippen LogP contribution in [0.1, 0.15) is 0 Å². The summed E-state index contributed by atoms with van der Waals surface area (Å²) in [5, 5.41) is 14.9. The van der Waals surface area contributed by atoms with Crippen LogP contribution in [0.15, 0.2) is 97.3 Å². The van der Waals surface area contributed by atoms with Crippen molar-refractivity contribution in [2.75, 3.05) is 12.4 Å². The summed E-state index contributed by atoms with van der Waals surface area (Å²) < 4.78 is 11.3. The number of methoxy groups -OCH3 is 1. The minimum atomic E-state index is 0.611. The van der Waals surface area contributed by atoms with Gasteiger partial charge in [-0.05, 0) is 30.3 Å². The third-order valence-electron chi connectivity index (χ3n) is 5.91. The predicted molar refractivity (Wildman–Crippen MR) is 146 cm³/mol. The SMILES string of the molecule is COc1cnc2c(Oc3ccc(Nc4nnc(-c5ccccc5Cl)c5ccccc45)cc3)ccnc2c1. The number of anilines is 2. The number of rotatable bonds is 6. The molecule has 0 bridgehead atoms. The van der Waals surface area contributed by atoms with Gasteiger partial charge in [0.25, 0.3) is 0 Å². The monoisotopic (exact) mass is 505 g/mol. The highest BCUT2D eigenvalue weighted by molar-refractivity contribution is 6.33. The predicted octanol–water partition coefficient (Wildman–Crippen LogP) is 7.44. The summed E-state index contributed by atoms with van der Waals surface area (Å²) in [6.45, 7) is 0. The van der Waals surface area contributed by atoms with Gasteiger partial charge in [0, 0.05) is 40.4 Å². The lowest BCUT2D eigenvalue weighted by atomic mass is 10.0. The maximum Gasteiger partial charge on any atom is 0.161 e. The Balaban J connectivity index is 1.27. The summed E-state index contributed by atoms with van der Waals surface area (Å²) >= 11 is 6.44. The van der Waals surface area contributed by atoms with Gasteiger partial charge >= 0.3 is 0 Å². The van der Waals surface area contributed by atoms with Gasteiger partial charge in [0.1, 0.15) is 22.7 Å². The highest BCUT2D eigenvalue weighted by atomic mass is 35.5. The van der Waals surface area contributed by atoms with Crippen LogP contribution in [0.25, 0.3) is 33.1 Å². The van der Waals surface area contributed by atoms with E-state index in [1.165, 1.54) is 0 Å². The van der Waals surface area contributed by atoms with E-state index in [4.69, 9.17) is 21.1 Å². The number of aromatic nitrogens is 4. The van der Waals surface area contributed by atoms with Crippen molar-refractivity contribution in [2.24, 2.45) is 0 Å². The van der Waals surface area contributed by atoms with E-state index in [2.05, 4.69) is 25.5 Å². The van der Waals surface area contributed by atoms with Crippen LogP contribution < -0.4 is 14.8 Å². The molecule has 0 saturated carbocycles. The van der Waals surface area contributed by atoms with E-state index in [1.807, 2.05) is 78.9 Å². The van der Waals surface area contributed by atoms with Gasteiger partial charge in [-0.1, -0.05) is 54.1 Å². The molecule has 6 rings (SSSR count). The first-order chi connectivity index (χ1) is 18.2. The molecular weight excluding hydrogens is 486 g/mol. The summed E-state index contributed by atoms with van der Waals surface area (Å²) in [6.07, 6.45) is 3.33. The number of fused-ring (bicyclic) bond motifs is 2. The molecule has 180 valence electrons. The Labute approximate surface area is 217 Å². The van der Waals surface area contributed by atoms with E-state index >= 15 is 0 Å². The van der Waals surface area contributed by atoms with Gasteiger partial charge in [-0.2, -0.15) is 0 Å². The fraction of sp³-hybridized carbons (Fsp3) is 0.0345. The number of benzene rings is 3. The van der Waals surface area contributed by atoms with Gasteiger partial charge in [-0.3, -0.25) is 4.98 Å². The van der Waals surface area contributed by atoms with E-state index < -0.39 is 0 Å². The molecule has 1 N–H and O–H groups in total. The second kappa shape index (κ2) is 9.72. The summed E-state index contributed by atoms with van der Waals surface area (Å²) in [7, 11) is 1.60. The molecule has 3 aromatic heterocycles. The van der Waals surface area contributed by atoms with Crippen LogP contribution in [0, 0.1) is 0 Å². The molecule has 0 fully saturated rings. The van der Waals surface area contributed by atoms with Gasteiger partial charge in [0.2, 0.25) is 0 Å². The van der Waals surface area contributed by atoms with Crippen molar-refractivity contribution in [1.29, 1.82) is 0 Å². The van der Waals surface area contributed by atoms with Gasteiger partial charge in [-0.25, -0.2) is 4.98 Å². The molecule has 0 spiro atoms. The topological polar surface area (TPSA) is 82.0 Å². The second-order valence-corrected chi connectivity index (χ2v) is 8.63. The van der Waals surface area contributed by atoms with Crippen LogP contribution in [-0.2, 0) is 0 Å². The first-order valence-electron chi connectivity index (χ1n) is 11.5. The standard InChI is InChI=1S/C29H20ClN5O2/c1-36-20-16-25-28(32-17-20)26(14-15-31-25)37-19-12-10-18(11-13-19)33-29-22-7-3-2-6-21(22)27(34-35-29)23-8-4-5-9-24(23)30/h2-17H,1H3,(H,33,35). The number of pyridine rings is 2. The lowest BCUT2D eigenvalue weighted by Gasteiger charge is -2.13. The fourth-order valence-corrected chi connectivity index (χ4v) is 4.32. The van der Waals surface area contributed by atoms with E-state index in [0.717, 1.165) is 27.7 Å². The maximum absolute atomic E-state index is 6.44. The van der Waals surface area contributed by atoms with Crippen molar-refractivity contribution in [1.82, 2.24) is 20.2 Å². The highest BCUT2D eigenvalue weighted by Crippen LogP contribution is 2.35. The van der Waals surface area contributed by atoms with E-state index in [0.29, 0.717) is 39.1 Å². The molecule has 0 aliphatic rings. The van der Waals surface area contributed by atoms with Gasteiger partial charge in [0.15, 0.2) is 11.6 Å². The van der Waals surface area contributed by atoms with Crippen LogP contribution in [0.4, 0.5) is 11.5 Å². The molecule has 0 unspecified atom stereocenters. The normalized spacial score (nSPS) is 11.0. The molecule has 0 aliphatic heterocycles. The summed E-state index contributed by atoms with van der Waals surface area (Å²) in [5.74, 6) is 2.57. The summed E-state index contributed by atoms with van der Waals surface area (Å²) in [5.41, 5.74) is 3.79. The lowest BCUT2D eigenvalue weighted by molar-refractivity contribution is 0.413. The number of nitrogens with one attached hydrogen (secondary N) is 1. The molecule has 0 radical (unpaired) electrons. The molecule has 0 aliphatic carbocycles. The van der Waals surface area contributed by atoms with Crippen LogP contribution in [0.2, 0.25) is 5.02 Å². The molecule has 0 atom stereocenters. The largest absolute Gasteiger partial charge is 0.495 e. The Morgan fingerprint density at radius 2 is 1.57 bits per heavy atom. The zero-order valence-electron chi connectivity index (χ0n) is 19.7. The molecule has 0 amide bonds. The number of nitrogens with zero attached hydrogens (tertiary/aromatic N) is 4. The summed E-state index contributed by atoms with van der Waals surface area (Å²) in [6, 6.07) is 26.9. The van der Waals surface area contributed by atoms with Crippen LogP contribution >= 0.6 is 11.6 Å². The Bertz CT molecular complexity index is 1740. The summed E-state index contributed by atoms with van der Waals surface area (Å²) in [4.78, 5) is 8.79. The van der Waals surface area contributed by atoms with Gasteiger partial charge < -0.3 is 14.8 Å². The molecule has 7 nitrogen and oxygen atoms in total. The second-order valence-electron chi connectivity index (χ2n) is 8.23. The fourth-order valence-electron chi connectivity index (χ4n) is 4.10. The first kappa shape index (κ1) is 22.7. The molecule has 37 heavy (non-hydrogen) atoms. The Morgan fingerprint density at radius 3 is 2.38 bits per heavy atom. The number of halogens is 1. The number of ether oxygens (including phenoxy) is 2. The average molecular weight is 506 g/mol. The van der Waals surface area contributed by atoms with E-state index in [9.17, 15) is 0 Å². The van der Waals surface area contributed by atoms with Crippen LogP contribution in [-0.4, -0.2) is 27.3 Å². The third kappa shape index (κ3) is 4.48. The quantitative estimate of drug-likeness (QED) is 0.252. The van der Waals surface area contributed by atoms with Crippen LogP contribution in [0.3, 0.4) is 0 Å². The Morgan fingerprint density at radius 1 is 0.784 bits per heavy atom. The zero-order valence-corrected chi connectivity index (χ0v) is 20.5. The minimum absolute atomic E-state index is 0.611. The number of hydrogen-bond acceptors (Lipinski definition) is 7. The van der Waals surface area contributed by atoms with E-state index in [-0.39, 0.29) is 0 Å². The van der Waals surface area contributed by atoms with Gasteiger partial charge in [0.05, 0.1) is 23.8 Å². The molecular formula is C29H20ClN5O2. The first-order valence-corrected chi connectivity index (χ1v) is 11.9. The van der Waals surface area contributed by atoms with Crippen molar-refractivity contribution < 1.29 is 9.47 Å². The molecule has 6 aromatic rings. The minimum Gasteiger partial charge on any atom is -0.495 e. The maximum atomic E-state index is 6.44. The van der Waals surface area contributed by atoms with Crippen molar-refractivity contribution in [3.63, 3.8) is 0 Å². The Kier molecular flexibility index (Phi) is 5.96. The third-order valence-corrected chi connectivity index (χ3v) is 6.24. The van der Waals surface area contributed by atoms with Crippen molar-refractivity contribution in [3.8, 4) is 28.5 Å². The molecule has 3 heterocycles. The number of hydrogen-bond donors (Lipinski definition) is 1. The zero-order chi connectivity index (χ0) is 25.2. The van der Waals surface area contributed by atoms with Crippen molar-refractivity contribution in [3.05, 3.63) is 102 Å². The molecule has 3 aromatic carbocycles. The molecule has 0 saturated heterocycles. The average Bonchev–Trinajstić information content (AvgIpc) is 2.94. The lowest BCUT2D eigenvalue weighted by Crippen LogP contribution is -1.99. The van der Waals surface area contributed by atoms with Crippen LogP contribution in [0.5, 0.6) is 17.2 Å². The van der Waals surface area contributed by atoms with Crippen molar-refractivity contribution >= 4 is 44.9 Å². The molecule has 8 heteroatoms. The van der Waals surface area contributed by atoms with Gasteiger partial charge in [-0.15, -0.1) is 10.2 Å².